The number of rotatable bonds is 6. The summed E-state index contributed by atoms with van der Waals surface area (Å²) >= 11 is 5.81. The number of benzene rings is 1. The molecule has 1 aromatic carbocycles. The summed E-state index contributed by atoms with van der Waals surface area (Å²) in [6.45, 7) is 1.57. The minimum atomic E-state index is -3.69. The second kappa shape index (κ2) is 7.61. The first kappa shape index (κ1) is 18.2. The van der Waals surface area contributed by atoms with Gasteiger partial charge in [-0.1, -0.05) is 11.6 Å². The molecular weight excluding hydrogens is 338 g/mol. The van der Waals surface area contributed by atoms with Gasteiger partial charge in [0.2, 0.25) is 15.9 Å². The summed E-state index contributed by atoms with van der Waals surface area (Å²) in [4.78, 5) is 14.4. The number of carbonyl (C=O) groups excluding carboxylic acids is 1. The number of halogens is 1. The van der Waals surface area contributed by atoms with Crippen LogP contribution in [0.5, 0.6) is 0 Å². The number of carbonyl (C=O) groups is 1. The molecule has 0 aromatic heterocycles. The van der Waals surface area contributed by atoms with Gasteiger partial charge in [-0.3, -0.25) is 4.79 Å². The third-order valence-corrected chi connectivity index (χ3v) is 5.96. The van der Waals surface area contributed by atoms with Crippen LogP contribution in [0.1, 0.15) is 12.8 Å². The summed E-state index contributed by atoms with van der Waals surface area (Å²) in [5.74, 6) is -0.234. The Labute approximate surface area is 142 Å². The van der Waals surface area contributed by atoms with E-state index < -0.39 is 16.1 Å². The fourth-order valence-corrected chi connectivity index (χ4v) is 4.33. The van der Waals surface area contributed by atoms with Gasteiger partial charge in [-0.2, -0.15) is 4.31 Å². The number of hydrogen-bond acceptors (Lipinski definition) is 4. The van der Waals surface area contributed by atoms with Gasteiger partial charge < -0.3 is 10.2 Å². The number of amides is 1. The molecule has 8 heteroatoms. The SMILES string of the molecule is CN(C)CCNC(=O)[C@@H]1CCCN1S(=O)(=O)c1ccc(Cl)cc1. The lowest BCUT2D eigenvalue weighted by atomic mass is 10.2. The van der Waals surface area contributed by atoms with E-state index in [-0.39, 0.29) is 10.8 Å². The van der Waals surface area contributed by atoms with Gasteiger partial charge in [-0.25, -0.2) is 8.42 Å². The largest absolute Gasteiger partial charge is 0.353 e. The van der Waals surface area contributed by atoms with Crippen LogP contribution < -0.4 is 5.32 Å². The summed E-state index contributed by atoms with van der Waals surface area (Å²) in [5.41, 5.74) is 0. The maximum absolute atomic E-state index is 12.7. The molecule has 0 bridgehead atoms. The van der Waals surface area contributed by atoms with E-state index in [1.807, 2.05) is 19.0 Å². The first-order valence-corrected chi connectivity index (χ1v) is 9.34. The average molecular weight is 360 g/mol. The van der Waals surface area contributed by atoms with Crippen molar-refractivity contribution in [2.75, 3.05) is 33.7 Å². The van der Waals surface area contributed by atoms with Crippen molar-refractivity contribution in [1.82, 2.24) is 14.5 Å². The Kier molecular flexibility index (Phi) is 6.02. The van der Waals surface area contributed by atoms with Crippen LogP contribution >= 0.6 is 11.6 Å². The molecule has 0 unspecified atom stereocenters. The quantitative estimate of drug-likeness (QED) is 0.827. The van der Waals surface area contributed by atoms with Gasteiger partial charge in [0, 0.05) is 24.7 Å². The van der Waals surface area contributed by atoms with Crippen molar-refractivity contribution < 1.29 is 13.2 Å². The lowest BCUT2D eigenvalue weighted by Gasteiger charge is -2.23. The number of sulfonamides is 1. The second-order valence-electron chi connectivity index (χ2n) is 5.82. The van der Waals surface area contributed by atoms with E-state index >= 15 is 0 Å². The van der Waals surface area contributed by atoms with E-state index in [2.05, 4.69) is 5.32 Å². The molecule has 1 heterocycles. The third kappa shape index (κ3) is 4.44. The highest BCUT2D eigenvalue weighted by molar-refractivity contribution is 7.89. The molecule has 1 aliphatic rings. The van der Waals surface area contributed by atoms with Crippen LogP contribution in [0, 0.1) is 0 Å². The minimum Gasteiger partial charge on any atom is -0.353 e. The van der Waals surface area contributed by atoms with Crippen molar-refractivity contribution in [2.45, 2.75) is 23.8 Å². The van der Waals surface area contributed by atoms with Gasteiger partial charge in [0.1, 0.15) is 6.04 Å². The fourth-order valence-electron chi connectivity index (χ4n) is 2.55. The smallest absolute Gasteiger partial charge is 0.243 e. The van der Waals surface area contributed by atoms with E-state index in [4.69, 9.17) is 11.6 Å². The van der Waals surface area contributed by atoms with Crippen molar-refractivity contribution in [3.8, 4) is 0 Å². The predicted molar refractivity (Wildman–Crippen MR) is 89.9 cm³/mol. The second-order valence-corrected chi connectivity index (χ2v) is 8.15. The molecule has 1 saturated heterocycles. The minimum absolute atomic E-state index is 0.162. The Morgan fingerprint density at radius 2 is 2.00 bits per heavy atom. The van der Waals surface area contributed by atoms with E-state index in [9.17, 15) is 13.2 Å². The normalized spacial score (nSPS) is 19.2. The monoisotopic (exact) mass is 359 g/mol. The molecule has 1 aromatic rings. The van der Waals surface area contributed by atoms with Crippen LogP contribution in [0.15, 0.2) is 29.2 Å². The highest BCUT2D eigenvalue weighted by Crippen LogP contribution is 2.26. The van der Waals surface area contributed by atoms with Crippen molar-refractivity contribution in [2.24, 2.45) is 0 Å². The van der Waals surface area contributed by atoms with Crippen LogP contribution in [0.3, 0.4) is 0 Å². The molecule has 0 radical (unpaired) electrons. The van der Waals surface area contributed by atoms with Crippen LogP contribution in [0.2, 0.25) is 5.02 Å². The van der Waals surface area contributed by atoms with Gasteiger partial charge >= 0.3 is 0 Å². The summed E-state index contributed by atoms with van der Waals surface area (Å²) in [6, 6.07) is 5.37. The molecule has 0 spiro atoms. The van der Waals surface area contributed by atoms with Crippen LogP contribution in [-0.2, 0) is 14.8 Å². The molecule has 1 atom stereocenters. The average Bonchev–Trinajstić information content (AvgIpc) is 2.97. The van der Waals surface area contributed by atoms with Crippen molar-refractivity contribution >= 4 is 27.5 Å². The van der Waals surface area contributed by atoms with Gasteiger partial charge in [-0.05, 0) is 51.2 Å². The molecule has 0 aliphatic carbocycles. The molecule has 2 rings (SSSR count). The van der Waals surface area contributed by atoms with Crippen molar-refractivity contribution in [3.63, 3.8) is 0 Å². The van der Waals surface area contributed by atoms with E-state index in [0.29, 0.717) is 37.5 Å². The fraction of sp³-hybridized carbons (Fsp3) is 0.533. The van der Waals surface area contributed by atoms with Gasteiger partial charge in [-0.15, -0.1) is 0 Å². The lowest BCUT2D eigenvalue weighted by molar-refractivity contribution is -0.124. The summed E-state index contributed by atoms with van der Waals surface area (Å²) in [6.07, 6.45) is 1.22. The maximum atomic E-state index is 12.7. The highest BCUT2D eigenvalue weighted by atomic mass is 35.5. The van der Waals surface area contributed by atoms with Crippen LogP contribution in [0.25, 0.3) is 0 Å². The van der Waals surface area contributed by atoms with E-state index in [1.165, 1.54) is 28.6 Å². The number of hydrogen-bond donors (Lipinski definition) is 1. The zero-order valence-corrected chi connectivity index (χ0v) is 14.9. The van der Waals surface area contributed by atoms with Crippen molar-refractivity contribution in [3.05, 3.63) is 29.3 Å². The molecule has 6 nitrogen and oxygen atoms in total. The Hall–Kier alpha value is -1.15. The number of nitrogens with zero attached hydrogens (tertiary/aromatic N) is 2. The molecular formula is C15H22ClN3O3S. The van der Waals surface area contributed by atoms with Crippen LogP contribution in [0.4, 0.5) is 0 Å². The Bertz CT molecular complexity index is 646. The zero-order chi connectivity index (χ0) is 17.0. The molecule has 1 aliphatic heterocycles. The molecule has 0 saturated carbocycles. The van der Waals surface area contributed by atoms with E-state index in [0.717, 1.165) is 0 Å². The van der Waals surface area contributed by atoms with Gasteiger partial charge in [0.25, 0.3) is 0 Å². The first-order chi connectivity index (χ1) is 10.8. The number of likely N-dealkylation sites (N-methyl/N-ethyl adjacent to an activating group) is 1. The molecule has 1 amide bonds. The molecule has 1 fully saturated rings. The van der Waals surface area contributed by atoms with Gasteiger partial charge in [0.15, 0.2) is 0 Å². The number of nitrogens with one attached hydrogen (secondary N) is 1. The summed E-state index contributed by atoms with van der Waals surface area (Å²) < 4.78 is 26.8. The van der Waals surface area contributed by atoms with Gasteiger partial charge in [0.05, 0.1) is 4.90 Å². The predicted octanol–water partition coefficient (Wildman–Crippen LogP) is 1.17. The Balaban J connectivity index is 2.11. The van der Waals surface area contributed by atoms with Crippen LogP contribution in [-0.4, -0.2) is 63.3 Å². The Morgan fingerprint density at radius 1 is 1.35 bits per heavy atom. The highest BCUT2D eigenvalue weighted by Gasteiger charge is 2.39. The van der Waals surface area contributed by atoms with E-state index in [1.54, 1.807) is 0 Å². The van der Waals surface area contributed by atoms with Crippen molar-refractivity contribution in [1.29, 1.82) is 0 Å². The Morgan fingerprint density at radius 3 is 2.61 bits per heavy atom. The maximum Gasteiger partial charge on any atom is 0.243 e. The third-order valence-electron chi connectivity index (χ3n) is 3.78. The zero-order valence-electron chi connectivity index (χ0n) is 13.3. The standard InChI is InChI=1S/C15H22ClN3O3S/c1-18(2)11-9-17-15(20)14-4-3-10-19(14)23(21,22)13-7-5-12(16)6-8-13/h5-8,14H,3-4,9-11H2,1-2H3,(H,17,20)/t14-/m0/s1. The first-order valence-electron chi connectivity index (χ1n) is 7.52. The summed E-state index contributed by atoms with van der Waals surface area (Å²) in [5, 5.41) is 3.29. The summed E-state index contributed by atoms with van der Waals surface area (Å²) in [7, 11) is 0.144. The molecule has 1 N–H and O–H groups in total. The molecule has 128 valence electrons. The topological polar surface area (TPSA) is 69.7 Å². The lowest BCUT2D eigenvalue weighted by Crippen LogP contribution is -2.47. The molecule has 23 heavy (non-hydrogen) atoms.